The molecule has 0 fully saturated rings. The number of fused-ring (bicyclic) bond motifs is 1. The average molecular weight is 359 g/mol. The first-order valence-corrected chi connectivity index (χ1v) is 7.68. The largest absolute Gasteiger partial charge is 0.444 e. The minimum atomic E-state index is -0.579. The molecule has 116 valence electrons. The number of ether oxygens (including phenoxy) is 1. The molecule has 1 heterocycles. The molecule has 6 heteroatoms. The van der Waals surface area contributed by atoms with E-state index in [1.165, 1.54) is 11.0 Å². The highest BCUT2D eigenvalue weighted by molar-refractivity contribution is 9.10. The van der Waals surface area contributed by atoms with Crippen LogP contribution in [0.3, 0.4) is 0 Å². The van der Waals surface area contributed by atoms with Gasteiger partial charge in [-0.1, -0.05) is 15.9 Å². The van der Waals surface area contributed by atoms with Gasteiger partial charge >= 0.3 is 6.09 Å². The molecule has 0 aliphatic carbocycles. The summed E-state index contributed by atoms with van der Waals surface area (Å²) in [6, 6.07) is 2.73. The second-order valence-electron chi connectivity index (χ2n) is 6.22. The van der Waals surface area contributed by atoms with Gasteiger partial charge in [-0.05, 0) is 44.9 Å². The van der Waals surface area contributed by atoms with Crippen molar-refractivity contribution in [3.05, 3.63) is 33.5 Å². The number of carbonyl (C=O) groups excluding carboxylic acids is 1. The van der Waals surface area contributed by atoms with E-state index < -0.39 is 11.7 Å². The topological polar surface area (TPSA) is 55.6 Å². The van der Waals surface area contributed by atoms with Crippen molar-refractivity contribution in [1.29, 1.82) is 0 Å². The van der Waals surface area contributed by atoms with Crippen LogP contribution in [0, 0.1) is 5.82 Å². The fourth-order valence-corrected chi connectivity index (χ4v) is 3.03. The van der Waals surface area contributed by atoms with Crippen LogP contribution in [-0.2, 0) is 11.3 Å². The van der Waals surface area contributed by atoms with Gasteiger partial charge in [0, 0.05) is 22.6 Å². The molecule has 1 aromatic carbocycles. The lowest BCUT2D eigenvalue weighted by Crippen LogP contribution is -2.36. The van der Waals surface area contributed by atoms with Gasteiger partial charge in [-0.2, -0.15) is 0 Å². The zero-order chi connectivity index (χ0) is 15.8. The molecule has 0 bridgehead atoms. The van der Waals surface area contributed by atoms with Crippen LogP contribution in [0.2, 0.25) is 0 Å². The lowest BCUT2D eigenvalue weighted by Gasteiger charge is -2.26. The Bertz CT molecular complexity index is 557. The highest BCUT2D eigenvalue weighted by atomic mass is 79.9. The predicted octanol–water partition coefficient (Wildman–Crippen LogP) is 3.73. The quantitative estimate of drug-likeness (QED) is 0.768. The summed E-state index contributed by atoms with van der Waals surface area (Å²) in [5, 5.41) is 0. The number of nitrogens with two attached hydrogens (primary N) is 1. The lowest BCUT2D eigenvalue weighted by atomic mass is 10.00. The summed E-state index contributed by atoms with van der Waals surface area (Å²) in [5.41, 5.74) is 6.75. The third-order valence-electron chi connectivity index (χ3n) is 3.33. The normalized spacial score (nSPS) is 19.0. The smallest absolute Gasteiger partial charge is 0.410 e. The summed E-state index contributed by atoms with van der Waals surface area (Å²) < 4.78 is 20.3. The second kappa shape index (κ2) is 5.93. The van der Waals surface area contributed by atoms with E-state index in [0.29, 0.717) is 18.5 Å². The van der Waals surface area contributed by atoms with E-state index in [0.717, 1.165) is 10.0 Å². The zero-order valence-electron chi connectivity index (χ0n) is 12.5. The molecule has 2 rings (SSSR count). The first kappa shape index (κ1) is 16.2. The van der Waals surface area contributed by atoms with Gasteiger partial charge in [0.2, 0.25) is 0 Å². The van der Waals surface area contributed by atoms with Crippen molar-refractivity contribution >= 4 is 22.0 Å². The highest BCUT2D eigenvalue weighted by Gasteiger charge is 2.29. The van der Waals surface area contributed by atoms with Gasteiger partial charge in [-0.25, -0.2) is 9.18 Å². The zero-order valence-corrected chi connectivity index (χ0v) is 14.0. The van der Waals surface area contributed by atoms with E-state index in [1.807, 2.05) is 0 Å². The van der Waals surface area contributed by atoms with Crippen molar-refractivity contribution in [3.8, 4) is 0 Å². The number of nitrogens with zero attached hydrogens (tertiary/aromatic N) is 1. The SMILES string of the molecule is CC(C)(C)OC(=O)N1CC[C@H](N)c2c(Br)ccc(F)c2C1. The Kier molecular flexibility index (Phi) is 4.58. The van der Waals surface area contributed by atoms with Gasteiger partial charge in [-0.15, -0.1) is 0 Å². The van der Waals surface area contributed by atoms with E-state index in [2.05, 4.69) is 15.9 Å². The number of rotatable bonds is 0. The van der Waals surface area contributed by atoms with Crippen LogP contribution in [0.4, 0.5) is 9.18 Å². The van der Waals surface area contributed by atoms with Crippen LogP contribution in [0.25, 0.3) is 0 Å². The fourth-order valence-electron chi connectivity index (χ4n) is 2.36. The van der Waals surface area contributed by atoms with Crippen LogP contribution in [0.5, 0.6) is 0 Å². The van der Waals surface area contributed by atoms with Gasteiger partial charge in [0.25, 0.3) is 0 Å². The number of hydrogen-bond acceptors (Lipinski definition) is 3. The standard InChI is InChI=1S/C15H20BrFN2O2/c1-15(2,3)21-14(20)19-7-6-12(18)13-9(8-19)11(17)5-4-10(13)16/h4-5,12H,6-8,18H2,1-3H3/t12-/m0/s1. The van der Waals surface area contributed by atoms with Crippen molar-refractivity contribution in [2.24, 2.45) is 5.73 Å². The number of carbonyl (C=O) groups is 1. The van der Waals surface area contributed by atoms with Gasteiger partial charge in [0.15, 0.2) is 0 Å². The molecule has 0 radical (unpaired) electrons. The Labute approximate surface area is 132 Å². The molecule has 4 nitrogen and oxygen atoms in total. The molecule has 1 aliphatic rings. The summed E-state index contributed by atoms with van der Waals surface area (Å²) in [6.45, 7) is 6.03. The van der Waals surface area contributed by atoms with Crippen LogP contribution in [0.15, 0.2) is 16.6 Å². The van der Waals surface area contributed by atoms with E-state index in [1.54, 1.807) is 26.8 Å². The average Bonchev–Trinajstić information content (AvgIpc) is 2.52. The lowest BCUT2D eigenvalue weighted by molar-refractivity contribution is 0.0233. The summed E-state index contributed by atoms with van der Waals surface area (Å²) in [7, 11) is 0. The monoisotopic (exact) mass is 358 g/mol. The van der Waals surface area contributed by atoms with Gasteiger partial charge in [0.1, 0.15) is 11.4 Å². The number of hydrogen-bond donors (Lipinski definition) is 1. The summed E-state index contributed by atoms with van der Waals surface area (Å²) in [4.78, 5) is 13.7. The van der Waals surface area contributed by atoms with Crippen molar-refractivity contribution in [3.63, 3.8) is 0 Å². The Balaban J connectivity index is 2.31. The van der Waals surface area contributed by atoms with Gasteiger partial charge in [-0.3, -0.25) is 0 Å². The van der Waals surface area contributed by atoms with Crippen molar-refractivity contribution in [2.75, 3.05) is 6.54 Å². The molecule has 1 amide bonds. The summed E-state index contributed by atoms with van der Waals surface area (Å²) >= 11 is 3.42. The molecule has 1 atom stereocenters. The molecule has 0 saturated carbocycles. The molecular weight excluding hydrogens is 339 g/mol. The number of benzene rings is 1. The maximum absolute atomic E-state index is 14.1. The van der Waals surface area contributed by atoms with Gasteiger partial charge in [0.05, 0.1) is 6.54 Å². The maximum Gasteiger partial charge on any atom is 0.410 e. The van der Waals surface area contributed by atoms with E-state index in [-0.39, 0.29) is 18.4 Å². The van der Waals surface area contributed by atoms with Gasteiger partial charge < -0.3 is 15.4 Å². The minimum Gasteiger partial charge on any atom is -0.444 e. The molecule has 21 heavy (non-hydrogen) atoms. The van der Waals surface area contributed by atoms with E-state index in [4.69, 9.17) is 10.5 Å². The number of halogens is 2. The molecule has 1 aliphatic heterocycles. The number of amides is 1. The Hall–Kier alpha value is -1.14. The Morgan fingerprint density at radius 1 is 1.48 bits per heavy atom. The first-order chi connectivity index (χ1) is 9.69. The minimum absolute atomic E-state index is 0.170. The first-order valence-electron chi connectivity index (χ1n) is 6.89. The molecular formula is C15H20BrFN2O2. The van der Waals surface area contributed by atoms with E-state index in [9.17, 15) is 9.18 Å². The second-order valence-corrected chi connectivity index (χ2v) is 7.07. The molecule has 0 aromatic heterocycles. The Morgan fingerprint density at radius 3 is 2.76 bits per heavy atom. The third kappa shape index (κ3) is 3.74. The van der Waals surface area contributed by atoms with Crippen LogP contribution < -0.4 is 5.73 Å². The maximum atomic E-state index is 14.1. The Morgan fingerprint density at radius 2 is 2.14 bits per heavy atom. The molecule has 1 aromatic rings. The third-order valence-corrected chi connectivity index (χ3v) is 4.02. The molecule has 2 N–H and O–H groups in total. The molecule has 0 spiro atoms. The van der Waals surface area contributed by atoms with E-state index >= 15 is 0 Å². The van der Waals surface area contributed by atoms with Crippen LogP contribution in [0.1, 0.15) is 44.4 Å². The molecule has 0 unspecified atom stereocenters. The molecule has 0 saturated heterocycles. The predicted molar refractivity (Wildman–Crippen MR) is 82.3 cm³/mol. The summed E-state index contributed by atoms with van der Waals surface area (Å²) in [5.74, 6) is -0.348. The van der Waals surface area contributed by atoms with Crippen molar-refractivity contribution < 1.29 is 13.9 Å². The van der Waals surface area contributed by atoms with Crippen molar-refractivity contribution in [2.45, 2.75) is 45.4 Å². The van der Waals surface area contributed by atoms with Crippen molar-refractivity contribution in [1.82, 2.24) is 4.90 Å². The van der Waals surface area contributed by atoms with Crippen LogP contribution in [-0.4, -0.2) is 23.1 Å². The van der Waals surface area contributed by atoms with Crippen LogP contribution >= 0.6 is 15.9 Å². The summed E-state index contributed by atoms with van der Waals surface area (Å²) in [6.07, 6.45) is 0.121. The highest BCUT2D eigenvalue weighted by Crippen LogP contribution is 2.33. The fraction of sp³-hybridized carbons (Fsp3) is 0.533.